The Morgan fingerprint density at radius 2 is 1.72 bits per heavy atom. The number of carbonyl (C=O) groups is 1. The zero-order chi connectivity index (χ0) is 21.9. The van der Waals surface area contributed by atoms with Gasteiger partial charge in [0.15, 0.2) is 11.6 Å². The second-order valence-corrected chi connectivity index (χ2v) is 7.40. The molecule has 5 rings (SSSR count). The van der Waals surface area contributed by atoms with E-state index in [0.717, 1.165) is 16.9 Å². The molecule has 0 aliphatic carbocycles. The molecule has 0 saturated carbocycles. The van der Waals surface area contributed by atoms with E-state index in [9.17, 15) is 9.59 Å². The molecule has 0 spiro atoms. The van der Waals surface area contributed by atoms with Crippen LogP contribution in [0.3, 0.4) is 0 Å². The quantitative estimate of drug-likeness (QED) is 0.495. The lowest BCUT2D eigenvalue weighted by Crippen LogP contribution is -2.49. The second kappa shape index (κ2) is 8.46. The van der Waals surface area contributed by atoms with Gasteiger partial charge in [0.2, 0.25) is 0 Å². The number of para-hydroxylation sites is 1. The summed E-state index contributed by atoms with van der Waals surface area (Å²) < 4.78 is 5.31. The molecule has 1 N–H and O–H groups in total. The third kappa shape index (κ3) is 4.00. The van der Waals surface area contributed by atoms with Crippen molar-refractivity contribution < 1.29 is 9.21 Å². The van der Waals surface area contributed by atoms with Crippen LogP contribution in [0.4, 0.5) is 17.3 Å². The van der Waals surface area contributed by atoms with Crippen molar-refractivity contribution in [3.05, 3.63) is 83.0 Å². The van der Waals surface area contributed by atoms with E-state index in [1.54, 1.807) is 35.5 Å². The number of amides is 1. The number of aromatic nitrogens is 3. The van der Waals surface area contributed by atoms with Crippen molar-refractivity contribution in [3.8, 4) is 0 Å². The van der Waals surface area contributed by atoms with Crippen molar-refractivity contribution in [2.45, 2.75) is 0 Å². The van der Waals surface area contributed by atoms with E-state index in [2.05, 4.69) is 25.4 Å². The van der Waals surface area contributed by atoms with Gasteiger partial charge in [-0.2, -0.15) is 0 Å². The summed E-state index contributed by atoms with van der Waals surface area (Å²) in [7, 11) is 0. The Bertz CT molecular complexity index is 1300. The largest absolute Gasteiger partial charge is 0.422 e. The van der Waals surface area contributed by atoms with Gasteiger partial charge in [-0.15, -0.1) is 10.2 Å². The average molecular weight is 428 g/mol. The van der Waals surface area contributed by atoms with E-state index < -0.39 is 5.63 Å². The molecule has 1 saturated heterocycles. The van der Waals surface area contributed by atoms with Crippen LogP contribution in [0.1, 0.15) is 10.4 Å². The number of nitrogens with one attached hydrogen (secondary N) is 1. The van der Waals surface area contributed by atoms with Crippen molar-refractivity contribution in [2.75, 3.05) is 36.4 Å². The van der Waals surface area contributed by atoms with Gasteiger partial charge in [0, 0.05) is 49.6 Å². The molecule has 1 amide bonds. The van der Waals surface area contributed by atoms with Crippen LogP contribution in [-0.4, -0.2) is 52.2 Å². The van der Waals surface area contributed by atoms with Crippen LogP contribution < -0.4 is 15.8 Å². The van der Waals surface area contributed by atoms with E-state index in [4.69, 9.17) is 4.42 Å². The van der Waals surface area contributed by atoms with Gasteiger partial charge in [0.25, 0.3) is 5.91 Å². The van der Waals surface area contributed by atoms with Crippen molar-refractivity contribution in [1.29, 1.82) is 0 Å². The summed E-state index contributed by atoms with van der Waals surface area (Å²) in [5.41, 5.74) is 0.800. The van der Waals surface area contributed by atoms with Crippen LogP contribution in [0.5, 0.6) is 0 Å². The third-order valence-corrected chi connectivity index (χ3v) is 5.37. The molecule has 0 radical (unpaired) electrons. The molecule has 0 bridgehead atoms. The molecule has 1 fully saturated rings. The zero-order valence-corrected chi connectivity index (χ0v) is 17.1. The number of benzene rings is 1. The maximum absolute atomic E-state index is 12.9. The summed E-state index contributed by atoms with van der Waals surface area (Å²) >= 11 is 0. The van der Waals surface area contributed by atoms with E-state index in [0.29, 0.717) is 37.6 Å². The molecule has 1 aliphatic heterocycles. The number of carbonyl (C=O) groups excluding carboxylic acids is 1. The van der Waals surface area contributed by atoms with Gasteiger partial charge < -0.3 is 19.5 Å². The lowest BCUT2D eigenvalue weighted by atomic mass is 10.1. The van der Waals surface area contributed by atoms with E-state index in [-0.39, 0.29) is 11.5 Å². The Hall–Kier alpha value is -4.27. The number of rotatable bonds is 4. The molecule has 9 heteroatoms. The topological polar surface area (TPSA) is 104 Å². The number of hydrogen-bond acceptors (Lipinski definition) is 8. The van der Waals surface area contributed by atoms with Gasteiger partial charge in [0.1, 0.15) is 11.1 Å². The minimum Gasteiger partial charge on any atom is -0.422 e. The molecule has 0 atom stereocenters. The predicted octanol–water partition coefficient (Wildman–Crippen LogP) is 2.68. The molecule has 4 aromatic rings. The normalized spacial score (nSPS) is 13.9. The monoisotopic (exact) mass is 428 g/mol. The summed E-state index contributed by atoms with van der Waals surface area (Å²) in [5.74, 6) is 1.06. The fourth-order valence-corrected chi connectivity index (χ4v) is 3.66. The van der Waals surface area contributed by atoms with Gasteiger partial charge in [-0.1, -0.05) is 18.2 Å². The Morgan fingerprint density at radius 1 is 0.938 bits per heavy atom. The number of anilines is 3. The number of piperazine rings is 1. The fraction of sp³-hybridized carbons (Fsp3) is 0.174. The summed E-state index contributed by atoms with van der Waals surface area (Å²) in [6.07, 6.45) is 3.40. The molecule has 3 aromatic heterocycles. The van der Waals surface area contributed by atoms with Crippen molar-refractivity contribution in [3.63, 3.8) is 0 Å². The van der Waals surface area contributed by atoms with Crippen LogP contribution >= 0.6 is 0 Å². The fourth-order valence-electron chi connectivity index (χ4n) is 3.66. The first-order chi connectivity index (χ1) is 15.7. The number of hydrogen-bond donors (Lipinski definition) is 1. The predicted molar refractivity (Wildman–Crippen MR) is 120 cm³/mol. The second-order valence-electron chi connectivity index (χ2n) is 7.40. The number of pyridine rings is 1. The van der Waals surface area contributed by atoms with Crippen molar-refractivity contribution >= 4 is 34.2 Å². The highest BCUT2D eigenvalue weighted by Gasteiger charge is 2.25. The number of nitrogens with zero attached hydrogens (tertiary/aromatic N) is 5. The van der Waals surface area contributed by atoms with E-state index in [1.807, 2.05) is 36.4 Å². The molecule has 9 nitrogen and oxygen atoms in total. The van der Waals surface area contributed by atoms with Gasteiger partial charge in [-0.3, -0.25) is 9.78 Å². The molecular formula is C23H20N6O3. The highest BCUT2D eigenvalue weighted by atomic mass is 16.4. The minimum atomic E-state index is -0.612. The molecule has 32 heavy (non-hydrogen) atoms. The van der Waals surface area contributed by atoms with Gasteiger partial charge in [0.05, 0.1) is 0 Å². The summed E-state index contributed by atoms with van der Waals surface area (Å²) in [6, 6.07) is 16.2. The molecule has 1 aromatic carbocycles. The Morgan fingerprint density at radius 3 is 2.47 bits per heavy atom. The standard InChI is InChI=1S/C23H20N6O3/c30-22(18-15-16-3-1-2-4-19(16)32-23(18)31)29-13-11-28(12-14-29)21-6-5-20(26-27-21)25-17-7-9-24-10-8-17/h1-10,15H,11-14H2,(H,24,25,26). The Kier molecular flexibility index (Phi) is 5.20. The first kappa shape index (κ1) is 19.7. The molecule has 160 valence electrons. The van der Waals surface area contributed by atoms with Gasteiger partial charge in [-0.25, -0.2) is 4.79 Å². The summed E-state index contributed by atoms with van der Waals surface area (Å²) in [5, 5.41) is 12.4. The number of fused-ring (bicyclic) bond motifs is 1. The molecule has 4 heterocycles. The van der Waals surface area contributed by atoms with Crippen molar-refractivity contribution in [1.82, 2.24) is 20.1 Å². The van der Waals surface area contributed by atoms with E-state index >= 15 is 0 Å². The lowest BCUT2D eigenvalue weighted by molar-refractivity contribution is 0.0742. The maximum atomic E-state index is 12.9. The van der Waals surface area contributed by atoms with Crippen LogP contribution in [-0.2, 0) is 0 Å². The first-order valence-corrected chi connectivity index (χ1v) is 10.3. The molecule has 1 aliphatic rings. The highest BCUT2D eigenvalue weighted by molar-refractivity contribution is 5.96. The first-order valence-electron chi connectivity index (χ1n) is 10.3. The van der Waals surface area contributed by atoms with Crippen LogP contribution in [0.2, 0.25) is 0 Å². The Balaban J connectivity index is 1.24. The van der Waals surface area contributed by atoms with E-state index in [1.165, 1.54) is 0 Å². The van der Waals surface area contributed by atoms with Gasteiger partial charge in [-0.05, 0) is 36.4 Å². The van der Waals surface area contributed by atoms with Crippen molar-refractivity contribution in [2.24, 2.45) is 0 Å². The van der Waals surface area contributed by atoms with Crippen LogP contribution in [0, 0.1) is 0 Å². The maximum Gasteiger partial charge on any atom is 0.349 e. The smallest absolute Gasteiger partial charge is 0.349 e. The Labute approximate surface area is 183 Å². The third-order valence-electron chi connectivity index (χ3n) is 5.37. The SMILES string of the molecule is O=C(c1cc2ccccc2oc1=O)N1CCN(c2ccc(Nc3ccncc3)nn2)CC1. The zero-order valence-electron chi connectivity index (χ0n) is 17.1. The highest BCUT2D eigenvalue weighted by Crippen LogP contribution is 2.18. The van der Waals surface area contributed by atoms with Crippen LogP contribution in [0.15, 0.2) is 76.2 Å². The average Bonchev–Trinajstić information content (AvgIpc) is 2.84. The minimum absolute atomic E-state index is 0.0588. The summed E-state index contributed by atoms with van der Waals surface area (Å²) in [4.78, 5) is 33.0. The lowest BCUT2D eigenvalue weighted by Gasteiger charge is -2.35. The molecule has 0 unspecified atom stereocenters. The van der Waals surface area contributed by atoms with Crippen LogP contribution in [0.25, 0.3) is 11.0 Å². The van der Waals surface area contributed by atoms with Gasteiger partial charge >= 0.3 is 5.63 Å². The summed E-state index contributed by atoms with van der Waals surface area (Å²) in [6.45, 7) is 2.14. The molecular weight excluding hydrogens is 408 g/mol.